The van der Waals surface area contributed by atoms with Crippen molar-refractivity contribution in [3.8, 4) is 0 Å². The summed E-state index contributed by atoms with van der Waals surface area (Å²) in [5.41, 5.74) is 0.849. The average Bonchev–Trinajstić information content (AvgIpc) is 2.76. The summed E-state index contributed by atoms with van der Waals surface area (Å²) in [6.07, 6.45) is 0. The van der Waals surface area contributed by atoms with E-state index in [1.54, 1.807) is 0 Å². The fraction of sp³-hybridized carbons (Fsp3) is 0.455. The third-order valence-corrected chi connectivity index (χ3v) is 2.82. The number of carboxylic acids is 1. The van der Waals surface area contributed by atoms with Gasteiger partial charge in [0, 0.05) is 5.38 Å². The number of hydrogen-bond acceptors (Lipinski definition) is 6. The van der Waals surface area contributed by atoms with Gasteiger partial charge in [-0.15, -0.1) is 11.3 Å². The van der Waals surface area contributed by atoms with Crippen molar-refractivity contribution in [2.45, 2.75) is 19.8 Å². The lowest BCUT2D eigenvalue weighted by atomic mass is 10.2. The molecule has 0 aliphatic carbocycles. The third kappa shape index (κ3) is 5.76. The van der Waals surface area contributed by atoms with Crippen LogP contribution in [-0.2, 0) is 14.3 Å². The number of carboxylic acid groups (broad SMARTS) is 1. The van der Waals surface area contributed by atoms with E-state index >= 15 is 0 Å². The summed E-state index contributed by atoms with van der Waals surface area (Å²) in [5.74, 6) is -1.67. The van der Waals surface area contributed by atoms with Crippen molar-refractivity contribution in [3.05, 3.63) is 11.1 Å². The van der Waals surface area contributed by atoms with Gasteiger partial charge in [0.2, 0.25) is 0 Å². The molecule has 0 atom stereocenters. The summed E-state index contributed by atoms with van der Waals surface area (Å²) in [5, 5.41) is 14.9. The van der Waals surface area contributed by atoms with Gasteiger partial charge in [0.15, 0.2) is 5.13 Å². The van der Waals surface area contributed by atoms with Crippen LogP contribution in [-0.4, -0.2) is 41.2 Å². The maximum absolute atomic E-state index is 11.5. The van der Waals surface area contributed by atoms with Crippen LogP contribution in [0.3, 0.4) is 0 Å². The molecule has 0 aromatic carbocycles. The number of thiazole rings is 1. The van der Waals surface area contributed by atoms with E-state index in [0.29, 0.717) is 5.13 Å². The number of anilines is 1. The van der Waals surface area contributed by atoms with Crippen LogP contribution in [0.1, 0.15) is 25.5 Å². The lowest BCUT2D eigenvalue weighted by Crippen LogP contribution is -2.37. The second kappa shape index (κ2) is 7.56. The Hall–Kier alpha value is -2.00. The molecule has 1 aromatic heterocycles. The molecule has 0 unspecified atom stereocenters. The van der Waals surface area contributed by atoms with Crippen molar-refractivity contribution in [3.63, 3.8) is 0 Å². The fourth-order valence-corrected chi connectivity index (χ4v) is 2.00. The number of rotatable bonds is 6. The molecule has 0 saturated carbocycles. The number of aliphatic carboxylic acids is 1. The summed E-state index contributed by atoms with van der Waals surface area (Å²) in [6.45, 7) is 2.85. The quantitative estimate of drug-likeness (QED) is 0.722. The number of urea groups is 1. The lowest BCUT2D eigenvalue weighted by Gasteiger charge is -2.04. The van der Waals surface area contributed by atoms with Crippen molar-refractivity contribution >= 4 is 34.4 Å². The predicted octanol–water partition coefficient (Wildman–Crippen LogP) is 1.02. The summed E-state index contributed by atoms with van der Waals surface area (Å²) in [6, 6.07) is -0.737. The van der Waals surface area contributed by atoms with Crippen LogP contribution in [0.15, 0.2) is 5.38 Å². The minimum absolute atomic E-state index is 0.246. The molecule has 1 heterocycles. The predicted molar refractivity (Wildman–Crippen MR) is 71.8 cm³/mol. The Morgan fingerprint density at radius 3 is 2.65 bits per heavy atom. The number of ether oxygens (including phenoxy) is 1. The number of amides is 3. The van der Waals surface area contributed by atoms with Crippen molar-refractivity contribution in [2.24, 2.45) is 0 Å². The van der Waals surface area contributed by atoms with Crippen molar-refractivity contribution in [1.82, 2.24) is 10.3 Å². The van der Waals surface area contributed by atoms with Gasteiger partial charge in [-0.3, -0.25) is 15.4 Å². The highest BCUT2D eigenvalue weighted by Gasteiger charge is 2.11. The molecule has 110 valence electrons. The molecule has 1 rings (SSSR count). The molecule has 0 fully saturated rings. The first-order chi connectivity index (χ1) is 9.38. The molecule has 8 nitrogen and oxygen atoms in total. The standard InChI is InChI=1S/C11H15N3O5S/c1-6(2)7-5-20-11(12-7)14-10(18)13-8(15)3-19-4-9(16)17/h5-6H,3-4H2,1-2H3,(H,16,17)(H2,12,13,14,15,18). The number of imide groups is 1. The topological polar surface area (TPSA) is 118 Å². The van der Waals surface area contributed by atoms with Crippen LogP contribution in [0.4, 0.5) is 9.93 Å². The molecular formula is C11H15N3O5S. The highest BCUT2D eigenvalue weighted by atomic mass is 32.1. The molecule has 0 aliphatic heterocycles. The minimum Gasteiger partial charge on any atom is -0.480 e. The molecule has 3 N–H and O–H groups in total. The van der Waals surface area contributed by atoms with E-state index in [0.717, 1.165) is 5.69 Å². The first-order valence-corrected chi connectivity index (χ1v) is 6.62. The van der Waals surface area contributed by atoms with Crippen LogP contribution in [0.25, 0.3) is 0 Å². The molecule has 0 spiro atoms. The normalized spacial score (nSPS) is 10.3. The maximum Gasteiger partial charge on any atom is 0.329 e. The average molecular weight is 301 g/mol. The van der Waals surface area contributed by atoms with Crippen LogP contribution >= 0.6 is 11.3 Å². The lowest BCUT2D eigenvalue weighted by molar-refractivity contribution is -0.143. The molecule has 1 aromatic rings. The summed E-state index contributed by atoms with van der Waals surface area (Å²) < 4.78 is 4.54. The smallest absolute Gasteiger partial charge is 0.329 e. The van der Waals surface area contributed by atoms with Crippen LogP contribution in [0, 0.1) is 0 Å². The van der Waals surface area contributed by atoms with E-state index in [4.69, 9.17) is 5.11 Å². The second-order valence-corrected chi connectivity index (χ2v) is 4.98. The van der Waals surface area contributed by atoms with Gasteiger partial charge in [-0.1, -0.05) is 13.8 Å². The Balaban J connectivity index is 2.35. The van der Waals surface area contributed by atoms with Gasteiger partial charge in [0.05, 0.1) is 5.69 Å². The zero-order valence-corrected chi connectivity index (χ0v) is 11.8. The number of aromatic nitrogens is 1. The number of hydrogen-bond donors (Lipinski definition) is 3. The molecule has 0 aliphatic rings. The molecule has 0 saturated heterocycles. The van der Waals surface area contributed by atoms with Gasteiger partial charge in [-0.2, -0.15) is 0 Å². The first-order valence-electron chi connectivity index (χ1n) is 5.74. The SMILES string of the molecule is CC(C)c1csc(NC(=O)NC(=O)COCC(=O)O)n1. The fourth-order valence-electron chi connectivity index (χ4n) is 1.13. The highest BCUT2D eigenvalue weighted by molar-refractivity contribution is 7.13. The Morgan fingerprint density at radius 1 is 1.40 bits per heavy atom. The van der Waals surface area contributed by atoms with E-state index in [9.17, 15) is 14.4 Å². The zero-order chi connectivity index (χ0) is 15.1. The van der Waals surface area contributed by atoms with E-state index in [1.165, 1.54) is 11.3 Å². The molecule has 0 radical (unpaired) electrons. The molecule has 3 amide bonds. The van der Waals surface area contributed by atoms with Crippen LogP contribution < -0.4 is 10.6 Å². The highest BCUT2D eigenvalue weighted by Crippen LogP contribution is 2.21. The molecule has 0 bridgehead atoms. The molecular weight excluding hydrogens is 286 g/mol. The van der Waals surface area contributed by atoms with E-state index < -0.39 is 31.1 Å². The van der Waals surface area contributed by atoms with Gasteiger partial charge in [-0.05, 0) is 5.92 Å². The van der Waals surface area contributed by atoms with Gasteiger partial charge < -0.3 is 9.84 Å². The van der Waals surface area contributed by atoms with Crippen LogP contribution in [0.2, 0.25) is 0 Å². The van der Waals surface area contributed by atoms with Crippen LogP contribution in [0.5, 0.6) is 0 Å². The number of nitrogens with zero attached hydrogens (tertiary/aromatic N) is 1. The Labute approximate surface area is 119 Å². The number of carbonyl (C=O) groups is 3. The summed E-state index contributed by atoms with van der Waals surface area (Å²) in [4.78, 5) is 37.0. The van der Waals surface area contributed by atoms with E-state index in [2.05, 4.69) is 15.0 Å². The monoisotopic (exact) mass is 301 g/mol. The number of carbonyl (C=O) groups excluding carboxylic acids is 2. The van der Waals surface area contributed by atoms with Crippen molar-refractivity contribution in [1.29, 1.82) is 0 Å². The maximum atomic E-state index is 11.5. The Kier molecular flexibility index (Phi) is 6.07. The Bertz CT molecular complexity index is 500. The largest absolute Gasteiger partial charge is 0.480 e. The van der Waals surface area contributed by atoms with Gasteiger partial charge in [0.1, 0.15) is 13.2 Å². The van der Waals surface area contributed by atoms with Crippen molar-refractivity contribution < 1.29 is 24.2 Å². The first kappa shape index (κ1) is 16.1. The zero-order valence-electron chi connectivity index (χ0n) is 11.0. The van der Waals surface area contributed by atoms with E-state index in [1.807, 2.05) is 24.5 Å². The van der Waals surface area contributed by atoms with Gasteiger partial charge >= 0.3 is 12.0 Å². The summed E-state index contributed by atoms with van der Waals surface area (Å²) in [7, 11) is 0. The summed E-state index contributed by atoms with van der Waals surface area (Å²) >= 11 is 1.25. The van der Waals surface area contributed by atoms with Gasteiger partial charge in [-0.25, -0.2) is 14.6 Å². The molecule has 9 heteroatoms. The third-order valence-electron chi connectivity index (χ3n) is 2.05. The van der Waals surface area contributed by atoms with Gasteiger partial charge in [0.25, 0.3) is 5.91 Å². The minimum atomic E-state index is -1.19. The van der Waals surface area contributed by atoms with Crippen molar-refractivity contribution in [2.75, 3.05) is 18.5 Å². The second-order valence-electron chi connectivity index (χ2n) is 4.12. The van der Waals surface area contributed by atoms with E-state index in [-0.39, 0.29) is 5.92 Å². The Morgan fingerprint density at radius 2 is 2.10 bits per heavy atom. The molecule has 20 heavy (non-hydrogen) atoms. The number of nitrogens with one attached hydrogen (secondary N) is 2.